The Kier molecular flexibility index (Phi) is 3.58. The van der Waals surface area contributed by atoms with Crippen molar-refractivity contribution in [1.82, 2.24) is 0 Å². The average molecular weight is 229 g/mol. The molecule has 0 aliphatic heterocycles. The summed E-state index contributed by atoms with van der Waals surface area (Å²) in [5.74, 6) is 0.842. The summed E-state index contributed by atoms with van der Waals surface area (Å²) in [5, 5.41) is 0.498. The van der Waals surface area contributed by atoms with Gasteiger partial charge in [-0.15, -0.1) is 0 Å². The first kappa shape index (κ1) is 11.9. The second-order valence-electron chi connectivity index (χ2n) is 3.15. The van der Waals surface area contributed by atoms with Crippen molar-refractivity contribution in [1.29, 1.82) is 0 Å². The lowest BCUT2D eigenvalue weighted by Crippen LogP contribution is -2.02. The predicted molar refractivity (Wildman–Crippen MR) is 59.3 cm³/mol. The van der Waals surface area contributed by atoms with Crippen LogP contribution in [0, 0.1) is 6.92 Å². The molecule has 0 saturated heterocycles. The Morgan fingerprint density at radius 2 is 1.80 bits per heavy atom. The molecule has 0 aromatic heterocycles. The number of methoxy groups -OCH3 is 2. The monoisotopic (exact) mass is 228 g/mol. The summed E-state index contributed by atoms with van der Waals surface area (Å²) in [5.41, 5.74) is 1.20. The third kappa shape index (κ3) is 2.07. The maximum absolute atomic E-state index is 11.4. The number of halogens is 1. The van der Waals surface area contributed by atoms with Crippen LogP contribution in [0.4, 0.5) is 0 Å². The zero-order chi connectivity index (χ0) is 11.6. The van der Waals surface area contributed by atoms with E-state index in [1.807, 2.05) is 6.92 Å². The molecule has 0 heterocycles. The summed E-state index contributed by atoms with van der Waals surface area (Å²) < 4.78 is 10.3. The summed E-state index contributed by atoms with van der Waals surface area (Å²) in [6, 6.07) is 1.60. The number of hydrogen-bond donors (Lipinski definition) is 0. The van der Waals surface area contributed by atoms with Gasteiger partial charge in [0.05, 0.1) is 19.8 Å². The van der Waals surface area contributed by atoms with Crippen LogP contribution >= 0.6 is 11.6 Å². The highest BCUT2D eigenvalue weighted by atomic mass is 35.5. The molecular weight excluding hydrogens is 216 g/mol. The van der Waals surface area contributed by atoms with Gasteiger partial charge in [0.1, 0.15) is 0 Å². The summed E-state index contributed by atoms with van der Waals surface area (Å²) in [7, 11) is 3.02. The molecule has 1 aromatic carbocycles. The maximum atomic E-state index is 11.4. The van der Waals surface area contributed by atoms with Crippen LogP contribution in [0.5, 0.6) is 11.5 Å². The van der Waals surface area contributed by atoms with Crippen molar-refractivity contribution in [2.75, 3.05) is 14.2 Å². The fraction of sp³-hybridized carbons (Fsp3) is 0.364. The summed E-state index contributed by atoms with van der Waals surface area (Å²) in [6.07, 6.45) is 0. The molecule has 0 fully saturated rings. The van der Waals surface area contributed by atoms with Crippen molar-refractivity contribution in [3.05, 3.63) is 22.2 Å². The Morgan fingerprint density at radius 3 is 2.20 bits per heavy atom. The van der Waals surface area contributed by atoms with Crippen LogP contribution in [0.3, 0.4) is 0 Å². The molecule has 4 heteroatoms. The van der Waals surface area contributed by atoms with E-state index in [2.05, 4.69) is 0 Å². The predicted octanol–water partition coefficient (Wildman–Crippen LogP) is 2.87. The first-order valence-corrected chi connectivity index (χ1v) is 4.82. The number of ketones is 1. The molecule has 82 valence electrons. The number of Topliss-reactive ketones (excluding diaryl/α,β-unsaturated/α-hetero) is 1. The number of ether oxygens (including phenoxy) is 2. The van der Waals surface area contributed by atoms with Crippen molar-refractivity contribution >= 4 is 17.4 Å². The van der Waals surface area contributed by atoms with Gasteiger partial charge in [0.15, 0.2) is 17.3 Å². The van der Waals surface area contributed by atoms with E-state index in [1.54, 1.807) is 6.07 Å². The molecule has 0 spiro atoms. The van der Waals surface area contributed by atoms with Gasteiger partial charge in [-0.3, -0.25) is 4.79 Å². The fourth-order valence-electron chi connectivity index (χ4n) is 1.41. The highest BCUT2D eigenvalue weighted by Gasteiger charge is 2.18. The maximum Gasteiger partial charge on any atom is 0.171 e. The molecule has 0 unspecified atom stereocenters. The van der Waals surface area contributed by atoms with Crippen LogP contribution in [0.2, 0.25) is 5.02 Å². The van der Waals surface area contributed by atoms with E-state index >= 15 is 0 Å². The number of rotatable bonds is 3. The second-order valence-corrected chi connectivity index (χ2v) is 3.56. The number of hydrogen-bond acceptors (Lipinski definition) is 3. The highest BCUT2D eigenvalue weighted by Crippen LogP contribution is 2.38. The summed E-state index contributed by atoms with van der Waals surface area (Å²) in [6.45, 7) is 3.27. The first-order chi connectivity index (χ1) is 7.02. The zero-order valence-corrected chi connectivity index (χ0v) is 9.94. The molecular formula is C11H13ClO3. The molecule has 0 bridgehead atoms. The van der Waals surface area contributed by atoms with Crippen LogP contribution in [0.15, 0.2) is 6.07 Å². The van der Waals surface area contributed by atoms with Crippen molar-refractivity contribution < 1.29 is 14.3 Å². The van der Waals surface area contributed by atoms with E-state index in [9.17, 15) is 4.79 Å². The Bertz CT molecular complexity index is 399. The van der Waals surface area contributed by atoms with Gasteiger partial charge in [-0.1, -0.05) is 11.6 Å². The van der Waals surface area contributed by atoms with Gasteiger partial charge in [0.25, 0.3) is 0 Å². The molecule has 0 atom stereocenters. The second kappa shape index (κ2) is 4.53. The Labute approximate surface area is 93.9 Å². The largest absolute Gasteiger partial charge is 0.493 e. The lowest BCUT2D eigenvalue weighted by Gasteiger charge is -2.14. The minimum Gasteiger partial charge on any atom is -0.493 e. The first-order valence-electron chi connectivity index (χ1n) is 4.45. The highest BCUT2D eigenvalue weighted by molar-refractivity contribution is 6.32. The van der Waals surface area contributed by atoms with Crippen LogP contribution in [0.25, 0.3) is 0 Å². The lowest BCUT2D eigenvalue weighted by atomic mass is 10.1. The molecule has 0 amide bonds. The molecule has 0 radical (unpaired) electrons. The topological polar surface area (TPSA) is 35.5 Å². The van der Waals surface area contributed by atoms with Crippen molar-refractivity contribution in [3.8, 4) is 11.5 Å². The summed E-state index contributed by atoms with van der Waals surface area (Å²) in [4.78, 5) is 11.4. The minimum atomic E-state index is -0.105. The van der Waals surface area contributed by atoms with Crippen LogP contribution in [-0.4, -0.2) is 20.0 Å². The average Bonchev–Trinajstić information content (AvgIpc) is 2.20. The van der Waals surface area contributed by atoms with Crippen LogP contribution in [-0.2, 0) is 0 Å². The van der Waals surface area contributed by atoms with Gasteiger partial charge in [-0.2, -0.15) is 0 Å². The molecule has 1 aromatic rings. The van der Waals surface area contributed by atoms with Gasteiger partial charge >= 0.3 is 0 Å². The standard InChI is InChI=1S/C11H13ClO3/c1-6-9(12)5-8(7(2)13)11(15-4)10(6)14-3/h5H,1-4H3. The smallest absolute Gasteiger partial charge is 0.171 e. The Morgan fingerprint density at radius 1 is 1.27 bits per heavy atom. The van der Waals surface area contributed by atoms with E-state index in [1.165, 1.54) is 21.1 Å². The molecule has 0 N–H and O–H groups in total. The van der Waals surface area contributed by atoms with Gasteiger partial charge in [0.2, 0.25) is 0 Å². The molecule has 0 aliphatic carbocycles. The Hall–Kier alpha value is -1.22. The third-order valence-electron chi connectivity index (χ3n) is 2.21. The minimum absolute atomic E-state index is 0.105. The van der Waals surface area contributed by atoms with E-state index < -0.39 is 0 Å². The van der Waals surface area contributed by atoms with Gasteiger partial charge < -0.3 is 9.47 Å². The van der Waals surface area contributed by atoms with Gasteiger partial charge in [-0.25, -0.2) is 0 Å². The summed E-state index contributed by atoms with van der Waals surface area (Å²) >= 11 is 5.98. The van der Waals surface area contributed by atoms with E-state index in [-0.39, 0.29) is 5.78 Å². The van der Waals surface area contributed by atoms with Crippen LogP contribution < -0.4 is 9.47 Å². The van der Waals surface area contributed by atoms with E-state index in [0.29, 0.717) is 22.1 Å². The molecule has 1 rings (SSSR count). The molecule has 0 saturated carbocycles. The van der Waals surface area contributed by atoms with Crippen molar-refractivity contribution in [2.24, 2.45) is 0 Å². The third-order valence-corrected chi connectivity index (χ3v) is 2.60. The van der Waals surface area contributed by atoms with Gasteiger partial charge in [-0.05, 0) is 19.9 Å². The molecule has 3 nitrogen and oxygen atoms in total. The van der Waals surface area contributed by atoms with Crippen LogP contribution in [0.1, 0.15) is 22.8 Å². The fourth-order valence-corrected chi connectivity index (χ4v) is 1.61. The van der Waals surface area contributed by atoms with E-state index in [0.717, 1.165) is 5.56 Å². The van der Waals surface area contributed by atoms with Crippen molar-refractivity contribution in [3.63, 3.8) is 0 Å². The number of carbonyl (C=O) groups is 1. The Balaban J connectivity index is 3.54. The number of benzene rings is 1. The molecule has 0 aliphatic rings. The number of carbonyl (C=O) groups excluding carboxylic acids is 1. The quantitative estimate of drug-likeness (QED) is 0.747. The SMILES string of the molecule is COc1c(C(C)=O)cc(Cl)c(C)c1OC. The van der Waals surface area contributed by atoms with E-state index in [4.69, 9.17) is 21.1 Å². The molecule has 15 heavy (non-hydrogen) atoms. The van der Waals surface area contributed by atoms with Crippen molar-refractivity contribution in [2.45, 2.75) is 13.8 Å². The lowest BCUT2D eigenvalue weighted by molar-refractivity contribution is 0.101. The normalized spacial score (nSPS) is 9.93. The van der Waals surface area contributed by atoms with Gasteiger partial charge in [0, 0.05) is 10.6 Å². The zero-order valence-electron chi connectivity index (χ0n) is 9.18.